The van der Waals surface area contributed by atoms with Gasteiger partial charge in [0.1, 0.15) is 11.5 Å². The van der Waals surface area contributed by atoms with Crippen LogP contribution in [0.3, 0.4) is 0 Å². The number of fused-ring (bicyclic) bond motifs is 1. The van der Waals surface area contributed by atoms with Gasteiger partial charge in [-0.3, -0.25) is 14.5 Å². The number of aliphatic hydroxyl groups excluding tert-OH is 1. The predicted octanol–water partition coefficient (Wildman–Crippen LogP) is 7.28. The number of ether oxygens (including phenoxy) is 1. The molecule has 1 amide bonds. The Kier molecular flexibility index (Phi) is 7.53. The van der Waals surface area contributed by atoms with Gasteiger partial charge in [-0.2, -0.15) is 0 Å². The smallest absolute Gasteiger partial charge is 0.301 e. The summed E-state index contributed by atoms with van der Waals surface area (Å²) in [5.41, 5.74) is 5.25. The van der Waals surface area contributed by atoms with Crippen LogP contribution in [0.2, 0.25) is 0 Å². The summed E-state index contributed by atoms with van der Waals surface area (Å²) < 4.78 is 6.77. The van der Waals surface area contributed by atoms with Gasteiger partial charge in [-0.25, -0.2) is 4.98 Å². The fourth-order valence-electron chi connectivity index (χ4n) is 4.97. The van der Waals surface area contributed by atoms with Crippen molar-refractivity contribution in [1.29, 1.82) is 0 Å². The third-order valence-electron chi connectivity index (χ3n) is 7.05. The second kappa shape index (κ2) is 11.0. The number of aromatic nitrogens is 1. The van der Waals surface area contributed by atoms with E-state index in [0.717, 1.165) is 51.7 Å². The van der Waals surface area contributed by atoms with Crippen LogP contribution in [-0.2, 0) is 16.0 Å². The zero-order valence-electron chi connectivity index (χ0n) is 22.7. The van der Waals surface area contributed by atoms with E-state index in [1.807, 2.05) is 50.2 Å². The zero-order valence-corrected chi connectivity index (χ0v) is 23.5. The first kappa shape index (κ1) is 26.6. The first-order valence-electron chi connectivity index (χ1n) is 13.3. The minimum atomic E-state index is -0.817. The number of hydrogen-bond acceptors (Lipinski definition) is 6. The SMILES string of the molecule is CCCCOc1cccc(C(O)=C2C(=O)C(=O)N(c3nc4c(C)cc(C)cc4s3)C2c2ccc(CC)cc2)c1. The van der Waals surface area contributed by atoms with Gasteiger partial charge in [0.05, 0.1) is 28.4 Å². The molecule has 6 nitrogen and oxygen atoms in total. The van der Waals surface area contributed by atoms with Crippen molar-refractivity contribution < 1.29 is 19.4 Å². The minimum absolute atomic E-state index is 0.0436. The number of rotatable bonds is 8. The van der Waals surface area contributed by atoms with Gasteiger partial charge in [0, 0.05) is 5.56 Å². The van der Waals surface area contributed by atoms with E-state index in [9.17, 15) is 14.7 Å². The molecule has 0 bridgehead atoms. The predicted molar refractivity (Wildman–Crippen MR) is 157 cm³/mol. The maximum atomic E-state index is 13.6. The Balaban J connectivity index is 1.66. The molecular weight excluding hydrogens is 508 g/mol. The fourth-order valence-corrected chi connectivity index (χ4v) is 6.13. The molecule has 1 fully saturated rings. The summed E-state index contributed by atoms with van der Waals surface area (Å²) >= 11 is 1.38. The number of Topliss-reactive ketones (excluding diaryl/α,β-unsaturated/α-hetero) is 1. The Morgan fingerprint density at radius 3 is 2.54 bits per heavy atom. The molecule has 1 saturated heterocycles. The van der Waals surface area contributed by atoms with E-state index < -0.39 is 17.7 Å². The van der Waals surface area contributed by atoms with Crippen LogP contribution in [0.4, 0.5) is 5.13 Å². The lowest BCUT2D eigenvalue weighted by molar-refractivity contribution is -0.132. The molecule has 1 N–H and O–H groups in total. The number of ketones is 1. The van der Waals surface area contributed by atoms with Crippen LogP contribution >= 0.6 is 11.3 Å². The number of nitrogens with zero attached hydrogens (tertiary/aromatic N) is 2. The maximum Gasteiger partial charge on any atom is 0.301 e. The Morgan fingerprint density at radius 1 is 1.05 bits per heavy atom. The summed E-state index contributed by atoms with van der Waals surface area (Å²) in [4.78, 5) is 33.4. The number of unbranched alkanes of at least 4 members (excludes halogenated alkanes) is 1. The lowest BCUT2D eigenvalue weighted by Crippen LogP contribution is -2.29. The summed E-state index contributed by atoms with van der Waals surface area (Å²) in [5.74, 6) is -1.07. The highest BCUT2D eigenvalue weighted by Gasteiger charge is 2.48. The van der Waals surface area contributed by atoms with Crippen molar-refractivity contribution in [3.05, 3.63) is 94.1 Å². The average molecular weight is 541 g/mol. The van der Waals surface area contributed by atoms with Gasteiger partial charge in [0.25, 0.3) is 5.78 Å². The van der Waals surface area contributed by atoms with Crippen LogP contribution in [0, 0.1) is 13.8 Å². The Morgan fingerprint density at radius 2 is 1.82 bits per heavy atom. The Bertz CT molecular complexity index is 1590. The molecule has 2 heterocycles. The van der Waals surface area contributed by atoms with E-state index >= 15 is 0 Å². The van der Waals surface area contributed by atoms with Gasteiger partial charge in [0.2, 0.25) is 0 Å². The summed E-state index contributed by atoms with van der Waals surface area (Å²) in [6, 6.07) is 18.1. The third kappa shape index (κ3) is 5.06. The van der Waals surface area contributed by atoms with Crippen molar-refractivity contribution in [2.24, 2.45) is 0 Å². The number of benzene rings is 3. The quantitative estimate of drug-likeness (QED) is 0.110. The van der Waals surface area contributed by atoms with Crippen LogP contribution in [0.1, 0.15) is 60.5 Å². The molecule has 1 unspecified atom stereocenters. The molecule has 1 aliphatic rings. The highest BCUT2D eigenvalue weighted by molar-refractivity contribution is 7.22. The highest BCUT2D eigenvalue weighted by atomic mass is 32.1. The number of amides is 1. The number of anilines is 1. The largest absolute Gasteiger partial charge is 0.507 e. The van der Waals surface area contributed by atoms with Gasteiger partial charge in [0.15, 0.2) is 5.13 Å². The zero-order chi connectivity index (χ0) is 27.7. The molecule has 0 spiro atoms. The molecular formula is C32H32N2O4S. The molecule has 0 radical (unpaired) electrons. The normalized spacial score (nSPS) is 16.8. The molecule has 39 heavy (non-hydrogen) atoms. The number of hydrogen-bond donors (Lipinski definition) is 1. The molecule has 1 aromatic heterocycles. The number of carbonyl (C=O) groups excluding carboxylic acids is 2. The second-order valence-electron chi connectivity index (χ2n) is 9.92. The van der Waals surface area contributed by atoms with Crippen molar-refractivity contribution in [3.63, 3.8) is 0 Å². The van der Waals surface area contributed by atoms with E-state index in [4.69, 9.17) is 9.72 Å². The van der Waals surface area contributed by atoms with Crippen LogP contribution < -0.4 is 9.64 Å². The van der Waals surface area contributed by atoms with E-state index in [0.29, 0.717) is 23.1 Å². The summed E-state index contributed by atoms with van der Waals surface area (Å²) in [5, 5.41) is 12.0. The van der Waals surface area contributed by atoms with Crippen LogP contribution in [0.25, 0.3) is 16.0 Å². The summed E-state index contributed by atoms with van der Waals surface area (Å²) in [6.07, 6.45) is 2.78. The highest BCUT2D eigenvalue weighted by Crippen LogP contribution is 2.45. The minimum Gasteiger partial charge on any atom is -0.507 e. The lowest BCUT2D eigenvalue weighted by atomic mass is 9.94. The molecule has 5 rings (SSSR count). The van der Waals surface area contributed by atoms with E-state index in [2.05, 4.69) is 19.9 Å². The molecule has 3 aromatic carbocycles. The van der Waals surface area contributed by atoms with Gasteiger partial charge < -0.3 is 9.84 Å². The topological polar surface area (TPSA) is 79.7 Å². The molecule has 4 aromatic rings. The first-order valence-corrected chi connectivity index (χ1v) is 14.1. The summed E-state index contributed by atoms with van der Waals surface area (Å²) in [6.45, 7) is 8.73. The third-order valence-corrected chi connectivity index (χ3v) is 8.05. The van der Waals surface area contributed by atoms with Crippen molar-refractivity contribution in [2.75, 3.05) is 11.5 Å². The van der Waals surface area contributed by atoms with Gasteiger partial charge in [-0.1, -0.05) is 74.1 Å². The lowest BCUT2D eigenvalue weighted by Gasteiger charge is -2.23. The van der Waals surface area contributed by atoms with Crippen molar-refractivity contribution in [1.82, 2.24) is 4.98 Å². The molecule has 7 heteroatoms. The van der Waals surface area contributed by atoms with Gasteiger partial charge in [-0.05, 0) is 67.1 Å². The van der Waals surface area contributed by atoms with Gasteiger partial charge >= 0.3 is 5.91 Å². The number of aryl methyl sites for hydroxylation is 3. The van der Waals surface area contributed by atoms with Crippen molar-refractivity contribution in [2.45, 2.75) is 53.0 Å². The number of carbonyl (C=O) groups is 2. The Labute approximate surface area is 232 Å². The Hall–Kier alpha value is -3.97. The standard InChI is InChI=1S/C32H32N2O4S/c1-5-7-15-38-24-10-8-9-23(18-24)29(35)26-28(22-13-11-21(6-2)12-14-22)34(31(37)30(26)36)32-33-27-20(4)16-19(3)17-25(27)39-32/h8-14,16-18,28,35H,5-7,15H2,1-4H3. The molecule has 1 aliphatic heterocycles. The molecule has 1 atom stereocenters. The molecule has 0 aliphatic carbocycles. The average Bonchev–Trinajstić information content (AvgIpc) is 3.47. The van der Waals surface area contributed by atoms with E-state index in [-0.39, 0.29) is 11.3 Å². The summed E-state index contributed by atoms with van der Waals surface area (Å²) in [7, 11) is 0. The van der Waals surface area contributed by atoms with Crippen LogP contribution in [-0.4, -0.2) is 28.4 Å². The van der Waals surface area contributed by atoms with Crippen molar-refractivity contribution >= 4 is 44.1 Å². The van der Waals surface area contributed by atoms with Gasteiger partial charge in [-0.15, -0.1) is 0 Å². The van der Waals surface area contributed by atoms with E-state index in [1.165, 1.54) is 16.2 Å². The monoisotopic (exact) mass is 540 g/mol. The number of aliphatic hydroxyl groups is 1. The second-order valence-corrected chi connectivity index (χ2v) is 10.9. The fraction of sp³-hybridized carbons (Fsp3) is 0.281. The van der Waals surface area contributed by atoms with Crippen molar-refractivity contribution in [3.8, 4) is 5.75 Å². The maximum absolute atomic E-state index is 13.6. The van der Waals surface area contributed by atoms with Crippen LogP contribution in [0.5, 0.6) is 5.75 Å². The van der Waals surface area contributed by atoms with Crippen LogP contribution in [0.15, 0.2) is 66.2 Å². The molecule has 0 saturated carbocycles. The number of thiazole rings is 1. The molecule has 200 valence electrons. The first-order chi connectivity index (χ1) is 18.8. The van der Waals surface area contributed by atoms with E-state index in [1.54, 1.807) is 18.2 Å².